The third kappa shape index (κ3) is 4.36. The molecule has 1 amide bonds. The summed E-state index contributed by atoms with van der Waals surface area (Å²) in [6.07, 6.45) is 1.44. The van der Waals surface area contributed by atoms with Crippen molar-refractivity contribution < 1.29 is 17.6 Å². The molecule has 1 aromatic carbocycles. The summed E-state index contributed by atoms with van der Waals surface area (Å²) in [5.74, 6) is 1.25. The van der Waals surface area contributed by atoms with Crippen LogP contribution < -0.4 is 0 Å². The van der Waals surface area contributed by atoms with E-state index in [4.69, 9.17) is 0 Å². The van der Waals surface area contributed by atoms with E-state index >= 15 is 0 Å². The summed E-state index contributed by atoms with van der Waals surface area (Å²) in [4.78, 5) is 14.4. The van der Waals surface area contributed by atoms with Crippen LogP contribution in [-0.2, 0) is 34.3 Å². The number of aromatic nitrogens is 3. The summed E-state index contributed by atoms with van der Waals surface area (Å²) >= 11 is 0. The van der Waals surface area contributed by atoms with Crippen LogP contribution in [0.1, 0.15) is 49.8 Å². The van der Waals surface area contributed by atoms with E-state index in [2.05, 4.69) is 14.8 Å². The molecule has 10 heteroatoms. The van der Waals surface area contributed by atoms with Crippen LogP contribution in [0.4, 0.5) is 4.39 Å². The van der Waals surface area contributed by atoms with Crippen LogP contribution in [0.25, 0.3) is 0 Å². The van der Waals surface area contributed by atoms with Crippen molar-refractivity contribution in [2.45, 2.75) is 57.4 Å². The zero-order valence-electron chi connectivity index (χ0n) is 17.9. The second-order valence-corrected chi connectivity index (χ2v) is 11.0. The van der Waals surface area contributed by atoms with Crippen LogP contribution in [0.5, 0.6) is 0 Å². The van der Waals surface area contributed by atoms with Gasteiger partial charge in [0.15, 0.2) is 5.82 Å². The van der Waals surface area contributed by atoms with Crippen molar-refractivity contribution in [1.82, 2.24) is 24.0 Å². The predicted molar refractivity (Wildman–Crippen MR) is 113 cm³/mol. The van der Waals surface area contributed by atoms with Gasteiger partial charge >= 0.3 is 0 Å². The van der Waals surface area contributed by atoms with Gasteiger partial charge in [-0.1, -0.05) is 18.2 Å². The molecule has 4 rings (SSSR count). The maximum absolute atomic E-state index is 13.9. The summed E-state index contributed by atoms with van der Waals surface area (Å²) in [5, 5.41) is 8.26. The fraction of sp³-hybridized carbons (Fsp3) is 0.571. The highest BCUT2D eigenvalue weighted by atomic mass is 32.2. The number of halogens is 1. The molecule has 3 heterocycles. The molecule has 1 saturated heterocycles. The number of carbonyl (C=O) groups excluding carboxylic acids is 1. The number of sulfonamides is 1. The van der Waals surface area contributed by atoms with Crippen LogP contribution in [0.3, 0.4) is 0 Å². The van der Waals surface area contributed by atoms with Crippen LogP contribution in [0, 0.1) is 5.82 Å². The van der Waals surface area contributed by atoms with Crippen molar-refractivity contribution >= 4 is 15.9 Å². The zero-order valence-corrected chi connectivity index (χ0v) is 18.7. The number of carbonyl (C=O) groups is 1. The van der Waals surface area contributed by atoms with Gasteiger partial charge in [0.05, 0.1) is 18.2 Å². The van der Waals surface area contributed by atoms with Gasteiger partial charge in [-0.25, -0.2) is 17.1 Å². The second kappa shape index (κ2) is 8.66. The van der Waals surface area contributed by atoms with E-state index in [-0.39, 0.29) is 24.1 Å². The smallest absolute Gasteiger partial charge is 0.227 e. The van der Waals surface area contributed by atoms with Crippen LogP contribution in [0.15, 0.2) is 24.3 Å². The third-order valence-corrected chi connectivity index (χ3v) is 8.49. The number of benzene rings is 1. The number of piperidine rings is 1. The largest absolute Gasteiger partial charge is 0.333 e. The van der Waals surface area contributed by atoms with Gasteiger partial charge in [0.2, 0.25) is 15.9 Å². The minimum Gasteiger partial charge on any atom is -0.333 e. The molecule has 0 atom stereocenters. The van der Waals surface area contributed by atoms with Crippen LogP contribution in [-0.4, -0.2) is 63.2 Å². The van der Waals surface area contributed by atoms with Crippen molar-refractivity contribution in [2.24, 2.45) is 0 Å². The van der Waals surface area contributed by atoms with Gasteiger partial charge < -0.3 is 9.47 Å². The minimum atomic E-state index is -3.24. The van der Waals surface area contributed by atoms with E-state index in [1.807, 2.05) is 0 Å². The topological polar surface area (TPSA) is 88.4 Å². The Morgan fingerprint density at radius 2 is 1.84 bits per heavy atom. The van der Waals surface area contributed by atoms with Crippen LogP contribution >= 0.6 is 0 Å². The van der Waals surface area contributed by atoms with Gasteiger partial charge in [0.25, 0.3) is 0 Å². The Morgan fingerprint density at radius 1 is 1.13 bits per heavy atom. The lowest BCUT2D eigenvalue weighted by atomic mass is 9.97. The lowest BCUT2D eigenvalue weighted by molar-refractivity contribution is -0.132. The minimum absolute atomic E-state index is 0.0243. The van der Waals surface area contributed by atoms with Gasteiger partial charge in [-0.15, -0.1) is 10.2 Å². The molecule has 1 aromatic heterocycles. The Morgan fingerprint density at radius 3 is 2.52 bits per heavy atom. The van der Waals surface area contributed by atoms with Crippen molar-refractivity contribution in [3.05, 3.63) is 47.3 Å². The van der Waals surface area contributed by atoms with E-state index in [9.17, 15) is 17.6 Å². The Labute approximate surface area is 182 Å². The number of hydrogen-bond acceptors (Lipinski definition) is 5. The van der Waals surface area contributed by atoms with Gasteiger partial charge in [-0.3, -0.25) is 4.79 Å². The first-order valence-corrected chi connectivity index (χ1v) is 12.2. The normalized spacial score (nSPS) is 18.4. The van der Waals surface area contributed by atoms with E-state index in [0.29, 0.717) is 51.1 Å². The molecular formula is C21H28FN5O3S. The number of fused-ring (bicyclic) bond motifs is 1. The fourth-order valence-corrected chi connectivity index (χ4v) is 5.59. The Kier molecular flexibility index (Phi) is 6.11. The summed E-state index contributed by atoms with van der Waals surface area (Å²) in [7, 11) is -3.24. The Bertz CT molecular complexity index is 1060. The Balaban J connectivity index is 1.40. The van der Waals surface area contributed by atoms with Gasteiger partial charge in [0, 0.05) is 32.1 Å². The molecule has 0 radical (unpaired) electrons. The van der Waals surface area contributed by atoms with Gasteiger partial charge in [-0.2, -0.15) is 0 Å². The van der Waals surface area contributed by atoms with Crippen molar-refractivity contribution in [3.63, 3.8) is 0 Å². The molecule has 0 aliphatic carbocycles. The monoisotopic (exact) mass is 449 g/mol. The molecule has 168 valence electrons. The van der Waals surface area contributed by atoms with Gasteiger partial charge in [-0.05, 0) is 38.3 Å². The standard InChI is InChI=1S/C21H28FN5O3S/c1-15(2)31(29,30)26-9-7-16(8-10-26)21-24-23-19-14-25(11-12-27(19)21)20(28)13-17-5-3-4-6-18(17)22/h3-6,15-16H,7-14H2,1-2H3. The van der Waals surface area contributed by atoms with Crippen LogP contribution in [0.2, 0.25) is 0 Å². The summed E-state index contributed by atoms with van der Waals surface area (Å²) < 4.78 is 42.3. The molecular weight excluding hydrogens is 421 g/mol. The lowest BCUT2D eigenvalue weighted by Gasteiger charge is -2.33. The highest BCUT2D eigenvalue weighted by Gasteiger charge is 2.34. The maximum atomic E-state index is 13.9. The first-order valence-electron chi connectivity index (χ1n) is 10.7. The molecule has 8 nitrogen and oxygen atoms in total. The summed E-state index contributed by atoms with van der Waals surface area (Å²) in [5.41, 5.74) is 0.392. The first kappa shape index (κ1) is 21.9. The molecule has 2 aliphatic rings. The SMILES string of the molecule is CC(C)S(=O)(=O)N1CCC(c2nnc3n2CCN(C(=O)Cc2ccccc2F)C3)CC1. The third-order valence-electron chi connectivity index (χ3n) is 6.21. The molecule has 0 unspecified atom stereocenters. The highest BCUT2D eigenvalue weighted by Crippen LogP contribution is 2.30. The summed E-state index contributed by atoms with van der Waals surface area (Å²) in [6, 6.07) is 6.32. The molecule has 0 N–H and O–H groups in total. The summed E-state index contributed by atoms with van der Waals surface area (Å²) in [6.45, 7) is 5.84. The van der Waals surface area contributed by atoms with E-state index < -0.39 is 15.3 Å². The second-order valence-electron chi connectivity index (χ2n) is 8.48. The quantitative estimate of drug-likeness (QED) is 0.696. The maximum Gasteiger partial charge on any atom is 0.227 e. The predicted octanol–water partition coefficient (Wildman–Crippen LogP) is 1.92. The number of rotatable bonds is 5. The van der Waals surface area contributed by atoms with Crippen molar-refractivity contribution in [3.8, 4) is 0 Å². The van der Waals surface area contributed by atoms with E-state index in [1.54, 1.807) is 41.3 Å². The average molecular weight is 450 g/mol. The molecule has 0 bridgehead atoms. The highest BCUT2D eigenvalue weighted by molar-refractivity contribution is 7.89. The lowest BCUT2D eigenvalue weighted by Crippen LogP contribution is -2.42. The van der Waals surface area contributed by atoms with Crippen molar-refractivity contribution in [2.75, 3.05) is 19.6 Å². The molecule has 31 heavy (non-hydrogen) atoms. The Hall–Kier alpha value is -2.33. The van der Waals surface area contributed by atoms with E-state index in [1.165, 1.54) is 6.07 Å². The number of hydrogen-bond donors (Lipinski definition) is 0. The average Bonchev–Trinajstić information content (AvgIpc) is 3.18. The zero-order chi connectivity index (χ0) is 22.2. The number of amides is 1. The number of nitrogens with zero attached hydrogens (tertiary/aromatic N) is 5. The molecule has 2 aromatic rings. The first-order chi connectivity index (χ1) is 14.8. The van der Waals surface area contributed by atoms with Crippen molar-refractivity contribution in [1.29, 1.82) is 0 Å². The molecule has 0 spiro atoms. The van der Waals surface area contributed by atoms with Gasteiger partial charge in [0.1, 0.15) is 11.6 Å². The fourth-order valence-electron chi connectivity index (χ4n) is 4.28. The molecule has 1 fully saturated rings. The van der Waals surface area contributed by atoms with E-state index in [0.717, 1.165) is 11.6 Å². The molecule has 0 saturated carbocycles. The molecule has 2 aliphatic heterocycles.